The number of hydrogen-bond acceptors (Lipinski definition) is 6. The molecule has 0 aliphatic rings. The van der Waals surface area contributed by atoms with Crippen LogP contribution in [0.15, 0.2) is 6.33 Å². The van der Waals surface area contributed by atoms with Gasteiger partial charge in [0.05, 0.1) is 16.6 Å². The minimum Gasteiger partial charge on any atom is -0.312 e. The molecule has 0 saturated carbocycles. The van der Waals surface area contributed by atoms with Gasteiger partial charge in [0.2, 0.25) is 0 Å². The largest absolute Gasteiger partial charge is 0.312 e. The Hall–Kier alpha value is -1.34. The lowest BCUT2D eigenvalue weighted by molar-refractivity contribution is 0.557. The Morgan fingerprint density at radius 1 is 1.56 bits per heavy atom. The zero-order valence-electron chi connectivity index (χ0n) is 9.51. The number of likely N-dealkylation sites (N-methyl/N-ethyl adjacent to an activating group) is 1. The van der Waals surface area contributed by atoms with Crippen molar-refractivity contribution in [1.82, 2.24) is 29.7 Å². The molecule has 0 aliphatic carbocycles. The van der Waals surface area contributed by atoms with Crippen molar-refractivity contribution in [1.29, 1.82) is 0 Å². The molecule has 7 heteroatoms. The van der Waals surface area contributed by atoms with Crippen LogP contribution in [0, 0.1) is 6.92 Å². The maximum absolute atomic E-state index is 4.22. The van der Waals surface area contributed by atoms with Crippen LogP contribution in [0.5, 0.6) is 0 Å². The Kier molecular flexibility index (Phi) is 3.25. The molecule has 86 valence electrons. The van der Waals surface area contributed by atoms with Gasteiger partial charge in [-0.15, -0.1) is 5.10 Å². The summed E-state index contributed by atoms with van der Waals surface area (Å²) in [4.78, 5) is 5.38. The van der Waals surface area contributed by atoms with Crippen LogP contribution < -0.4 is 5.32 Å². The second kappa shape index (κ2) is 4.67. The molecule has 0 fully saturated rings. The minimum atomic E-state index is 0.197. The van der Waals surface area contributed by atoms with E-state index in [4.69, 9.17) is 0 Å². The fourth-order valence-corrected chi connectivity index (χ4v) is 2.32. The topological polar surface area (TPSA) is 68.5 Å². The first-order valence-electron chi connectivity index (χ1n) is 5.01. The highest BCUT2D eigenvalue weighted by Crippen LogP contribution is 2.22. The van der Waals surface area contributed by atoms with Gasteiger partial charge >= 0.3 is 0 Å². The highest BCUT2D eigenvalue weighted by Gasteiger charge is 2.18. The van der Waals surface area contributed by atoms with E-state index < -0.39 is 0 Å². The summed E-state index contributed by atoms with van der Waals surface area (Å²) in [5, 5.41) is 11.3. The molecule has 2 aromatic heterocycles. The summed E-state index contributed by atoms with van der Waals surface area (Å²) in [6, 6.07) is 0.197. The van der Waals surface area contributed by atoms with Crippen LogP contribution in [0.3, 0.4) is 0 Å². The average Bonchev–Trinajstić information content (AvgIpc) is 2.85. The summed E-state index contributed by atoms with van der Waals surface area (Å²) < 4.78 is 5.74. The lowest BCUT2D eigenvalue weighted by Gasteiger charge is -2.13. The third kappa shape index (κ3) is 2.10. The van der Waals surface area contributed by atoms with E-state index in [0.717, 1.165) is 22.8 Å². The Bertz CT molecular complexity index is 462. The van der Waals surface area contributed by atoms with Crippen molar-refractivity contribution < 1.29 is 0 Å². The second-order valence-corrected chi connectivity index (χ2v) is 4.35. The van der Waals surface area contributed by atoms with Gasteiger partial charge in [0, 0.05) is 13.5 Å². The molecule has 0 aromatic carbocycles. The molecule has 0 saturated heterocycles. The molecular weight excluding hydrogens is 224 g/mol. The van der Waals surface area contributed by atoms with E-state index in [1.165, 1.54) is 11.5 Å². The molecule has 6 nitrogen and oxygen atoms in total. The molecular formula is C9H14N6S. The fraction of sp³-hybridized carbons (Fsp3) is 0.556. The van der Waals surface area contributed by atoms with Crippen molar-refractivity contribution in [3.05, 3.63) is 22.7 Å². The summed E-state index contributed by atoms with van der Waals surface area (Å²) in [6.45, 7) is 1.97. The highest BCUT2D eigenvalue weighted by atomic mass is 32.1. The summed E-state index contributed by atoms with van der Waals surface area (Å²) in [7, 11) is 3.83. The first-order chi connectivity index (χ1) is 7.72. The van der Waals surface area contributed by atoms with Gasteiger partial charge in [0.15, 0.2) is 0 Å². The molecule has 0 radical (unpaired) electrons. The number of aromatic nitrogens is 5. The van der Waals surface area contributed by atoms with Gasteiger partial charge in [-0.25, -0.2) is 4.98 Å². The fourth-order valence-electron chi connectivity index (χ4n) is 1.57. The lowest BCUT2D eigenvalue weighted by Crippen LogP contribution is -2.20. The zero-order valence-corrected chi connectivity index (χ0v) is 10.3. The second-order valence-electron chi connectivity index (χ2n) is 3.57. The van der Waals surface area contributed by atoms with Crippen LogP contribution in [0.2, 0.25) is 0 Å². The Morgan fingerprint density at radius 3 is 2.88 bits per heavy atom. The normalized spacial score (nSPS) is 12.9. The molecule has 1 unspecified atom stereocenters. The van der Waals surface area contributed by atoms with E-state index in [1.807, 2.05) is 21.0 Å². The van der Waals surface area contributed by atoms with Gasteiger partial charge in [-0.05, 0) is 25.5 Å². The highest BCUT2D eigenvalue weighted by molar-refractivity contribution is 7.05. The van der Waals surface area contributed by atoms with Crippen LogP contribution in [-0.2, 0) is 13.5 Å². The van der Waals surface area contributed by atoms with Gasteiger partial charge in [-0.3, -0.25) is 4.68 Å². The quantitative estimate of drug-likeness (QED) is 0.839. The summed E-state index contributed by atoms with van der Waals surface area (Å²) in [5.74, 6) is 0.951. The molecule has 0 bridgehead atoms. The van der Waals surface area contributed by atoms with Gasteiger partial charge in [-0.2, -0.15) is 5.10 Å². The summed E-state index contributed by atoms with van der Waals surface area (Å²) >= 11 is 1.43. The molecule has 2 heterocycles. The lowest BCUT2D eigenvalue weighted by atomic mass is 10.1. The molecule has 2 aromatic rings. The predicted molar refractivity (Wildman–Crippen MR) is 61.2 cm³/mol. The van der Waals surface area contributed by atoms with Crippen molar-refractivity contribution in [2.75, 3.05) is 7.05 Å². The number of rotatable bonds is 4. The van der Waals surface area contributed by atoms with Crippen LogP contribution in [0.4, 0.5) is 0 Å². The van der Waals surface area contributed by atoms with Crippen LogP contribution in [0.1, 0.15) is 22.4 Å². The van der Waals surface area contributed by atoms with Gasteiger partial charge < -0.3 is 5.32 Å². The van der Waals surface area contributed by atoms with E-state index in [9.17, 15) is 0 Å². The third-order valence-electron chi connectivity index (χ3n) is 2.54. The van der Waals surface area contributed by atoms with Crippen LogP contribution >= 0.6 is 11.5 Å². The molecule has 2 rings (SSSR count). The standard InChI is InChI=1S/C9H14N6S/c1-6-9(16-14-13-6)7(10-2)4-8-11-5-12-15(8)3/h5,7,10H,4H2,1-3H3. The molecule has 16 heavy (non-hydrogen) atoms. The van der Waals surface area contributed by atoms with Crippen LogP contribution in [-0.4, -0.2) is 31.4 Å². The molecule has 0 amide bonds. The maximum atomic E-state index is 4.22. The van der Waals surface area contributed by atoms with Crippen molar-refractivity contribution in [2.24, 2.45) is 7.05 Å². The zero-order chi connectivity index (χ0) is 11.5. The summed E-state index contributed by atoms with van der Waals surface area (Å²) in [5.41, 5.74) is 0.978. The van der Waals surface area contributed by atoms with Crippen LogP contribution in [0.25, 0.3) is 0 Å². The van der Waals surface area contributed by atoms with E-state index in [2.05, 4.69) is 25.0 Å². The van der Waals surface area contributed by atoms with E-state index in [1.54, 1.807) is 11.0 Å². The Balaban J connectivity index is 2.19. The number of aryl methyl sites for hydroxylation is 2. The van der Waals surface area contributed by atoms with E-state index >= 15 is 0 Å². The molecule has 1 N–H and O–H groups in total. The number of nitrogens with one attached hydrogen (secondary N) is 1. The van der Waals surface area contributed by atoms with Crippen molar-refractivity contribution >= 4 is 11.5 Å². The SMILES string of the molecule is CNC(Cc1ncnn1C)c1snnc1C. The molecule has 0 aliphatic heterocycles. The van der Waals surface area contributed by atoms with E-state index in [-0.39, 0.29) is 6.04 Å². The first-order valence-corrected chi connectivity index (χ1v) is 5.78. The minimum absolute atomic E-state index is 0.197. The Morgan fingerprint density at radius 2 is 2.38 bits per heavy atom. The van der Waals surface area contributed by atoms with Crippen molar-refractivity contribution in [2.45, 2.75) is 19.4 Å². The van der Waals surface area contributed by atoms with Gasteiger partial charge in [0.25, 0.3) is 0 Å². The monoisotopic (exact) mass is 238 g/mol. The van der Waals surface area contributed by atoms with Crippen molar-refractivity contribution in [3.8, 4) is 0 Å². The smallest absolute Gasteiger partial charge is 0.138 e. The maximum Gasteiger partial charge on any atom is 0.138 e. The van der Waals surface area contributed by atoms with Gasteiger partial charge in [0.1, 0.15) is 12.2 Å². The first kappa shape index (κ1) is 11.2. The number of hydrogen-bond donors (Lipinski definition) is 1. The molecule has 0 spiro atoms. The third-order valence-corrected chi connectivity index (χ3v) is 3.48. The van der Waals surface area contributed by atoms with E-state index in [0.29, 0.717) is 0 Å². The van der Waals surface area contributed by atoms with Gasteiger partial charge in [-0.1, -0.05) is 4.49 Å². The predicted octanol–water partition coefficient (Wildman–Crippen LogP) is 0.478. The summed E-state index contributed by atoms with van der Waals surface area (Å²) in [6.07, 6.45) is 2.36. The number of nitrogens with zero attached hydrogens (tertiary/aromatic N) is 5. The Labute approximate surface area is 97.9 Å². The van der Waals surface area contributed by atoms with Crippen molar-refractivity contribution in [3.63, 3.8) is 0 Å². The molecule has 1 atom stereocenters. The average molecular weight is 238 g/mol.